The van der Waals surface area contributed by atoms with E-state index < -0.39 is 12.0 Å². The van der Waals surface area contributed by atoms with Crippen molar-refractivity contribution in [3.05, 3.63) is 0 Å². The summed E-state index contributed by atoms with van der Waals surface area (Å²) >= 11 is 0. The molecule has 22 heavy (non-hydrogen) atoms. The van der Waals surface area contributed by atoms with Gasteiger partial charge in [0, 0.05) is 0 Å². The zero-order chi connectivity index (χ0) is 16.7. The van der Waals surface area contributed by atoms with E-state index in [1.807, 2.05) is 0 Å². The van der Waals surface area contributed by atoms with Gasteiger partial charge in [0.2, 0.25) is 0 Å². The molecule has 0 aromatic carbocycles. The maximum absolute atomic E-state index is 8.88. The van der Waals surface area contributed by atoms with Crippen LogP contribution in [-0.2, 0) is 0 Å². The summed E-state index contributed by atoms with van der Waals surface area (Å²) in [6, 6.07) is -0.968. The highest BCUT2D eigenvalue weighted by Gasteiger charge is 2.27. The minimum atomic E-state index is -2.73. The number of hydrogen-bond acceptors (Lipinski definition) is 4. The molecular weight excluding hydrogens is 278 g/mol. The van der Waals surface area contributed by atoms with Crippen LogP contribution in [0.1, 0.15) is 103 Å². The third-order valence-electron chi connectivity index (χ3n) is 4.37. The molecule has 1 unspecified atom stereocenters. The number of rotatable bonds is 16. The smallest absolute Gasteiger partial charge is 0.291 e. The van der Waals surface area contributed by atoms with Gasteiger partial charge in [0.15, 0.2) is 0 Å². The second-order valence-electron chi connectivity index (χ2n) is 6.68. The van der Waals surface area contributed by atoms with Crippen LogP contribution in [0.25, 0.3) is 0 Å². The Balaban J connectivity index is 3.12. The van der Waals surface area contributed by atoms with E-state index in [-0.39, 0.29) is 0 Å². The highest BCUT2D eigenvalue weighted by Crippen LogP contribution is 2.14. The predicted molar refractivity (Wildman–Crippen MR) is 92.3 cm³/mol. The molecule has 4 nitrogen and oxygen atoms in total. The SMILES string of the molecule is CCCCCCCCCCCCCCCCC(N)C(O)(O)O. The molecule has 0 saturated carbocycles. The van der Waals surface area contributed by atoms with Crippen molar-refractivity contribution in [3.8, 4) is 0 Å². The summed E-state index contributed by atoms with van der Waals surface area (Å²) in [5.74, 6) is -2.73. The summed E-state index contributed by atoms with van der Waals surface area (Å²) in [4.78, 5) is 0. The molecular formula is C18H39NO3. The van der Waals surface area contributed by atoms with E-state index in [4.69, 9.17) is 21.1 Å². The van der Waals surface area contributed by atoms with Crippen LogP contribution in [0, 0.1) is 0 Å². The highest BCUT2D eigenvalue weighted by molar-refractivity contribution is 4.68. The first-order valence-electron chi connectivity index (χ1n) is 9.41. The van der Waals surface area contributed by atoms with Crippen LogP contribution < -0.4 is 5.73 Å². The summed E-state index contributed by atoms with van der Waals surface area (Å²) in [5, 5.41) is 26.6. The molecule has 0 fully saturated rings. The summed E-state index contributed by atoms with van der Waals surface area (Å²) < 4.78 is 0. The van der Waals surface area contributed by atoms with Gasteiger partial charge in [-0.25, -0.2) is 0 Å². The quantitative estimate of drug-likeness (QED) is 0.257. The molecule has 1 atom stereocenters. The first kappa shape index (κ1) is 21.8. The van der Waals surface area contributed by atoms with Crippen LogP contribution in [0.4, 0.5) is 0 Å². The molecule has 0 aliphatic carbocycles. The van der Waals surface area contributed by atoms with Crippen molar-refractivity contribution in [3.63, 3.8) is 0 Å². The Morgan fingerprint density at radius 3 is 1.27 bits per heavy atom. The molecule has 0 aliphatic rings. The van der Waals surface area contributed by atoms with Crippen molar-refractivity contribution in [1.29, 1.82) is 0 Å². The Labute approximate surface area is 137 Å². The van der Waals surface area contributed by atoms with Crippen molar-refractivity contribution >= 4 is 0 Å². The van der Waals surface area contributed by atoms with Gasteiger partial charge in [0.25, 0.3) is 5.97 Å². The van der Waals surface area contributed by atoms with E-state index in [0.29, 0.717) is 6.42 Å². The van der Waals surface area contributed by atoms with Crippen LogP contribution in [0.15, 0.2) is 0 Å². The molecule has 0 spiro atoms. The third kappa shape index (κ3) is 14.8. The molecule has 0 bridgehead atoms. The highest BCUT2D eigenvalue weighted by atomic mass is 16.7. The topological polar surface area (TPSA) is 86.7 Å². The second kappa shape index (κ2) is 14.4. The van der Waals surface area contributed by atoms with Gasteiger partial charge in [-0.15, -0.1) is 0 Å². The molecule has 0 radical (unpaired) electrons. The Bertz CT molecular complexity index is 229. The van der Waals surface area contributed by atoms with E-state index >= 15 is 0 Å². The van der Waals surface area contributed by atoms with E-state index in [1.165, 1.54) is 77.0 Å². The lowest BCUT2D eigenvalue weighted by atomic mass is 10.0. The van der Waals surface area contributed by atoms with Crippen LogP contribution in [-0.4, -0.2) is 27.3 Å². The lowest BCUT2D eigenvalue weighted by Crippen LogP contribution is -2.47. The van der Waals surface area contributed by atoms with Crippen LogP contribution in [0.5, 0.6) is 0 Å². The summed E-state index contributed by atoms with van der Waals surface area (Å²) in [6.45, 7) is 2.26. The van der Waals surface area contributed by atoms with E-state index in [0.717, 1.165) is 12.8 Å². The number of unbranched alkanes of at least 4 members (excludes halogenated alkanes) is 13. The summed E-state index contributed by atoms with van der Waals surface area (Å²) in [6.07, 6.45) is 18.4. The molecule has 5 N–H and O–H groups in total. The Morgan fingerprint density at radius 1 is 0.636 bits per heavy atom. The average Bonchev–Trinajstić information content (AvgIpc) is 2.46. The molecule has 0 saturated heterocycles. The van der Waals surface area contributed by atoms with Crippen molar-refractivity contribution in [2.45, 2.75) is 115 Å². The molecule has 0 aromatic rings. The van der Waals surface area contributed by atoms with Gasteiger partial charge in [-0.3, -0.25) is 0 Å². The zero-order valence-corrected chi connectivity index (χ0v) is 14.6. The monoisotopic (exact) mass is 317 g/mol. The Hall–Kier alpha value is -0.160. The maximum Gasteiger partial charge on any atom is 0.291 e. The zero-order valence-electron chi connectivity index (χ0n) is 14.6. The Kier molecular flexibility index (Phi) is 14.3. The standard InChI is InChI=1S/C18H39NO3/c1-2-3-4-5-6-7-8-9-10-11-12-13-14-15-16-17(19)18(20,21)22/h17,20-22H,2-16,19H2,1H3. The van der Waals surface area contributed by atoms with Crippen LogP contribution in [0.3, 0.4) is 0 Å². The minimum absolute atomic E-state index is 0.446. The van der Waals surface area contributed by atoms with Gasteiger partial charge in [-0.05, 0) is 6.42 Å². The number of aliphatic hydroxyl groups is 3. The van der Waals surface area contributed by atoms with Crippen molar-refractivity contribution in [1.82, 2.24) is 0 Å². The van der Waals surface area contributed by atoms with Gasteiger partial charge in [-0.2, -0.15) is 0 Å². The first-order valence-corrected chi connectivity index (χ1v) is 9.41. The third-order valence-corrected chi connectivity index (χ3v) is 4.37. The molecule has 4 heteroatoms. The normalized spacial score (nSPS) is 13.5. The van der Waals surface area contributed by atoms with Crippen molar-refractivity contribution in [2.24, 2.45) is 5.73 Å². The predicted octanol–water partition coefficient (Wildman–Crippen LogP) is 3.82. The van der Waals surface area contributed by atoms with E-state index in [9.17, 15) is 0 Å². The molecule has 0 aliphatic heterocycles. The molecule has 0 amide bonds. The fourth-order valence-electron chi connectivity index (χ4n) is 2.75. The first-order chi connectivity index (χ1) is 10.5. The summed E-state index contributed by atoms with van der Waals surface area (Å²) in [7, 11) is 0. The summed E-state index contributed by atoms with van der Waals surface area (Å²) in [5.41, 5.74) is 5.45. The van der Waals surface area contributed by atoms with Gasteiger partial charge < -0.3 is 21.1 Å². The molecule has 0 aromatic heterocycles. The maximum atomic E-state index is 8.88. The van der Waals surface area contributed by atoms with Gasteiger partial charge in [0.1, 0.15) is 0 Å². The minimum Gasteiger partial charge on any atom is -0.342 e. The van der Waals surface area contributed by atoms with E-state index in [2.05, 4.69) is 6.92 Å². The lowest BCUT2D eigenvalue weighted by molar-refractivity contribution is -0.323. The molecule has 0 heterocycles. The largest absolute Gasteiger partial charge is 0.342 e. The fraction of sp³-hybridized carbons (Fsp3) is 1.00. The fourth-order valence-corrected chi connectivity index (χ4v) is 2.75. The Morgan fingerprint density at radius 2 is 0.955 bits per heavy atom. The van der Waals surface area contributed by atoms with Gasteiger partial charge >= 0.3 is 0 Å². The van der Waals surface area contributed by atoms with Gasteiger partial charge in [0.05, 0.1) is 6.04 Å². The lowest BCUT2D eigenvalue weighted by Gasteiger charge is -2.21. The second-order valence-corrected chi connectivity index (χ2v) is 6.68. The van der Waals surface area contributed by atoms with Gasteiger partial charge in [-0.1, -0.05) is 96.8 Å². The van der Waals surface area contributed by atoms with E-state index in [1.54, 1.807) is 0 Å². The van der Waals surface area contributed by atoms with Crippen LogP contribution in [0.2, 0.25) is 0 Å². The van der Waals surface area contributed by atoms with Crippen molar-refractivity contribution < 1.29 is 15.3 Å². The molecule has 0 rings (SSSR count). The van der Waals surface area contributed by atoms with Crippen molar-refractivity contribution in [2.75, 3.05) is 0 Å². The van der Waals surface area contributed by atoms with Crippen LogP contribution >= 0.6 is 0 Å². The average molecular weight is 318 g/mol. The molecule has 134 valence electrons. The number of nitrogens with two attached hydrogens (primary N) is 1. The number of hydrogen-bond donors (Lipinski definition) is 4.